The molecule has 154 valence electrons. The highest BCUT2D eigenvalue weighted by Gasteiger charge is 2.15. The number of hydrogen-bond donors (Lipinski definition) is 3. The molecule has 0 saturated heterocycles. The summed E-state index contributed by atoms with van der Waals surface area (Å²) in [5, 5.41) is 8.79. The first kappa shape index (κ1) is 19.9. The molecule has 0 unspecified atom stereocenters. The molecule has 4 N–H and O–H groups in total. The van der Waals surface area contributed by atoms with E-state index in [2.05, 4.69) is 24.9 Å². The van der Waals surface area contributed by atoms with Gasteiger partial charge in [0.15, 0.2) is 5.82 Å². The minimum atomic E-state index is -0.572. The Bertz CT molecular complexity index is 1170. The number of nitrogens with two attached hydrogens (primary N) is 1. The second kappa shape index (κ2) is 8.93. The maximum Gasteiger partial charge on any atom is 0.274 e. The number of nitrogen functional groups attached to an aromatic ring is 1. The maximum absolute atomic E-state index is 11.6. The number of nitrogens with zero attached hydrogens (tertiary/aromatic N) is 6. The Morgan fingerprint density at radius 3 is 2.32 bits per heavy atom. The van der Waals surface area contributed by atoms with E-state index >= 15 is 0 Å². The third-order valence-corrected chi connectivity index (χ3v) is 4.51. The van der Waals surface area contributed by atoms with Crippen LogP contribution in [0.4, 0.5) is 17.6 Å². The van der Waals surface area contributed by atoms with Gasteiger partial charge in [0, 0.05) is 42.1 Å². The van der Waals surface area contributed by atoms with Crippen molar-refractivity contribution < 1.29 is 10.0 Å². The predicted molar refractivity (Wildman–Crippen MR) is 113 cm³/mol. The van der Waals surface area contributed by atoms with E-state index in [0.29, 0.717) is 23.7 Å². The summed E-state index contributed by atoms with van der Waals surface area (Å²) >= 11 is 0. The monoisotopic (exact) mass is 414 g/mol. The number of benzene rings is 1. The van der Waals surface area contributed by atoms with Crippen LogP contribution in [0, 0.1) is 0 Å². The lowest BCUT2D eigenvalue weighted by molar-refractivity contribution is 0.0706. The van der Waals surface area contributed by atoms with E-state index in [4.69, 9.17) is 10.9 Å². The van der Waals surface area contributed by atoms with Gasteiger partial charge in [0.25, 0.3) is 5.91 Å². The van der Waals surface area contributed by atoms with Crippen LogP contribution in [0.3, 0.4) is 0 Å². The van der Waals surface area contributed by atoms with E-state index in [0.717, 1.165) is 16.7 Å². The Labute approximate surface area is 177 Å². The van der Waals surface area contributed by atoms with Crippen LogP contribution in [0.15, 0.2) is 73.6 Å². The summed E-state index contributed by atoms with van der Waals surface area (Å²) in [6.07, 6.45) is 9.85. The number of anilines is 3. The van der Waals surface area contributed by atoms with Gasteiger partial charge >= 0.3 is 0 Å². The number of nitrogens with one attached hydrogen (secondary N) is 1. The van der Waals surface area contributed by atoms with E-state index in [1.807, 2.05) is 17.0 Å². The predicted octanol–water partition coefficient (Wildman–Crippen LogP) is 2.37. The number of pyridine rings is 1. The Kier molecular flexibility index (Phi) is 5.72. The molecule has 0 aliphatic heterocycles. The van der Waals surface area contributed by atoms with Crippen molar-refractivity contribution in [2.45, 2.75) is 6.54 Å². The molecule has 0 aliphatic rings. The molecule has 10 nitrogen and oxygen atoms in total. The van der Waals surface area contributed by atoms with Crippen LogP contribution < -0.4 is 16.1 Å². The standard InChI is InChI=1S/C21H18N8O2/c22-21-26-10-17(11-27-21)16-5-6-24-18(9-16)29(19-12-23-7-8-25-19)13-14-1-3-15(4-2-14)20(30)28-31/h1-12,31H,13H2,(H,28,30)(H2,22,26,27). The van der Waals surface area contributed by atoms with Gasteiger partial charge in [-0.3, -0.25) is 15.0 Å². The zero-order valence-corrected chi connectivity index (χ0v) is 16.3. The Balaban J connectivity index is 1.68. The smallest absolute Gasteiger partial charge is 0.274 e. The molecule has 3 aromatic heterocycles. The zero-order valence-electron chi connectivity index (χ0n) is 16.3. The largest absolute Gasteiger partial charge is 0.368 e. The second-order valence-corrected chi connectivity index (χ2v) is 6.52. The van der Waals surface area contributed by atoms with Gasteiger partial charge in [-0.15, -0.1) is 0 Å². The van der Waals surface area contributed by atoms with Crippen LogP contribution in [0.5, 0.6) is 0 Å². The lowest BCUT2D eigenvalue weighted by Gasteiger charge is -2.23. The van der Waals surface area contributed by atoms with Gasteiger partial charge < -0.3 is 10.6 Å². The highest BCUT2D eigenvalue weighted by Crippen LogP contribution is 2.27. The molecular weight excluding hydrogens is 396 g/mol. The quantitative estimate of drug-likeness (QED) is 0.320. The van der Waals surface area contributed by atoms with E-state index in [-0.39, 0.29) is 5.95 Å². The average molecular weight is 414 g/mol. The minimum absolute atomic E-state index is 0.206. The molecule has 4 rings (SSSR count). The fourth-order valence-electron chi connectivity index (χ4n) is 2.95. The van der Waals surface area contributed by atoms with Gasteiger partial charge in [-0.25, -0.2) is 25.4 Å². The van der Waals surface area contributed by atoms with Crippen molar-refractivity contribution in [3.63, 3.8) is 0 Å². The number of hydrogen-bond acceptors (Lipinski definition) is 9. The molecule has 0 aliphatic carbocycles. The summed E-state index contributed by atoms with van der Waals surface area (Å²) in [5.74, 6) is 0.889. The molecule has 4 aromatic rings. The third kappa shape index (κ3) is 4.60. The molecule has 0 fully saturated rings. The van der Waals surface area contributed by atoms with Gasteiger partial charge in [0.05, 0.1) is 12.7 Å². The van der Waals surface area contributed by atoms with Gasteiger partial charge in [-0.2, -0.15) is 0 Å². The van der Waals surface area contributed by atoms with Crippen molar-refractivity contribution in [3.8, 4) is 11.1 Å². The third-order valence-electron chi connectivity index (χ3n) is 4.51. The molecule has 0 radical (unpaired) electrons. The van der Waals surface area contributed by atoms with Crippen molar-refractivity contribution in [2.24, 2.45) is 0 Å². The highest BCUT2D eigenvalue weighted by molar-refractivity contribution is 5.93. The molecule has 0 spiro atoms. The minimum Gasteiger partial charge on any atom is -0.368 e. The summed E-state index contributed by atoms with van der Waals surface area (Å²) in [5.41, 5.74) is 10.1. The summed E-state index contributed by atoms with van der Waals surface area (Å²) in [6, 6.07) is 10.6. The summed E-state index contributed by atoms with van der Waals surface area (Å²) in [4.78, 5) is 34.6. The first-order valence-electron chi connectivity index (χ1n) is 9.25. The number of carbonyl (C=O) groups excluding carboxylic acids is 1. The number of amides is 1. The van der Waals surface area contributed by atoms with E-state index in [1.165, 1.54) is 0 Å². The zero-order chi connectivity index (χ0) is 21.6. The van der Waals surface area contributed by atoms with Crippen LogP contribution >= 0.6 is 0 Å². The molecule has 0 saturated carbocycles. The topological polar surface area (TPSA) is 143 Å². The SMILES string of the molecule is Nc1ncc(-c2ccnc(N(Cc3ccc(C(=O)NO)cc3)c3cnccn3)c2)cn1. The van der Waals surface area contributed by atoms with Crippen LogP contribution in [0.2, 0.25) is 0 Å². The van der Waals surface area contributed by atoms with Crippen molar-refractivity contribution in [3.05, 3.63) is 84.7 Å². The van der Waals surface area contributed by atoms with Crippen molar-refractivity contribution in [1.82, 2.24) is 30.4 Å². The summed E-state index contributed by atoms with van der Waals surface area (Å²) in [6.45, 7) is 0.425. The molecular formula is C21H18N8O2. The molecule has 1 amide bonds. The van der Waals surface area contributed by atoms with Gasteiger partial charge in [-0.05, 0) is 35.4 Å². The van der Waals surface area contributed by atoms with Crippen LogP contribution in [-0.2, 0) is 6.54 Å². The van der Waals surface area contributed by atoms with Crippen LogP contribution in [0.25, 0.3) is 11.1 Å². The maximum atomic E-state index is 11.6. The number of hydroxylamine groups is 1. The Hall–Kier alpha value is -4.44. The lowest BCUT2D eigenvalue weighted by atomic mass is 10.1. The molecule has 1 aromatic carbocycles. The molecule has 10 heteroatoms. The fraction of sp³-hybridized carbons (Fsp3) is 0.0476. The summed E-state index contributed by atoms with van der Waals surface area (Å²) in [7, 11) is 0. The fourth-order valence-corrected chi connectivity index (χ4v) is 2.95. The molecule has 0 atom stereocenters. The normalized spacial score (nSPS) is 10.5. The van der Waals surface area contributed by atoms with Crippen LogP contribution in [0.1, 0.15) is 15.9 Å². The number of rotatable bonds is 6. The van der Waals surface area contributed by atoms with Crippen molar-refractivity contribution in [2.75, 3.05) is 10.6 Å². The molecule has 0 bridgehead atoms. The van der Waals surface area contributed by atoms with Gasteiger partial charge in [0.1, 0.15) is 5.82 Å². The van der Waals surface area contributed by atoms with E-state index in [9.17, 15) is 4.79 Å². The first-order valence-corrected chi connectivity index (χ1v) is 9.25. The van der Waals surface area contributed by atoms with E-state index in [1.54, 1.807) is 66.9 Å². The van der Waals surface area contributed by atoms with Crippen LogP contribution in [-0.4, -0.2) is 36.0 Å². The second-order valence-electron chi connectivity index (χ2n) is 6.52. The van der Waals surface area contributed by atoms with Gasteiger partial charge in [0.2, 0.25) is 5.95 Å². The lowest BCUT2D eigenvalue weighted by Crippen LogP contribution is -2.20. The van der Waals surface area contributed by atoms with Crippen molar-refractivity contribution >= 4 is 23.5 Å². The van der Waals surface area contributed by atoms with Gasteiger partial charge in [-0.1, -0.05) is 12.1 Å². The number of carbonyl (C=O) groups is 1. The number of aromatic nitrogens is 5. The molecule has 31 heavy (non-hydrogen) atoms. The summed E-state index contributed by atoms with van der Waals surface area (Å²) < 4.78 is 0. The van der Waals surface area contributed by atoms with Crippen molar-refractivity contribution in [1.29, 1.82) is 0 Å². The van der Waals surface area contributed by atoms with E-state index < -0.39 is 5.91 Å². The highest BCUT2D eigenvalue weighted by atomic mass is 16.5. The molecule has 3 heterocycles. The Morgan fingerprint density at radius 2 is 1.65 bits per heavy atom. The average Bonchev–Trinajstić information content (AvgIpc) is 2.83. The Morgan fingerprint density at radius 1 is 0.903 bits per heavy atom. The first-order chi connectivity index (χ1) is 15.1.